The van der Waals surface area contributed by atoms with Crippen LogP contribution in [0.3, 0.4) is 0 Å². The van der Waals surface area contributed by atoms with Crippen LogP contribution in [0.5, 0.6) is 5.75 Å². The number of nitrogens with one attached hydrogen (secondary N) is 1. The van der Waals surface area contributed by atoms with E-state index in [2.05, 4.69) is 26.0 Å². The van der Waals surface area contributed by atoms with E-state index in [1.54, 1.807) is 0 Å². The van der Waals surface area contributed by atoms with Gasteiger partial charge in [0.2, 0.25) is 5.91 Å². The van der Waals surface area contributed by atoms with E-state index in [0.717, 1.165) is 55.1 Å². The van der Waals surface area contributed by atoms with Crippen molar-refractivity contribution in [3.05, 3.63) is 41.6 Å². The number of nitriles is 1. The van der Waals surface area contributed by atoms with E-state index in [0.29, 0.717) is 16.5 Å². The molecule has 5 rings (SSSR count). The molecule has 1 N–H and O–H groups in total. The third-order valence-corrected chi connectivity index (χ3v) is 6.06. The SMILES string of the molecule is N#Cc1cc2c(nc1SCC(=O)Nc1ccccc1OC(F)(F)F)C1CCN2CC1. The summed E-state index contributed by atoms with van der Waals surface area (Å²) in [5.74, 6) is -0.753. The van der Waals surface area contributed by atoms with Gasteiger partial charge in [-0.1, -0.05) is 23.9 Å². The molecule has 2 bridgehead atoms. The van der Waals surface area contributed by atoms with Crippen molar-refractivity contribution < 1.29 is 22.7 Å². The summed E-state index contributed by atoms with van der Waals surface area (Å²) in [5.41, 5.74) is 2.25. The molecule has 6 nitrogen and oxygen atoms in total. The Morgan fingerprint density at radius 3 is 2.77 bits per heavy atom. The van der Waals surface area contributed by atoms with Gasteiger partial charge in [0, 0.05) is 19.0 Å². The fraction of sp³-hybridized carbons (Fsp3) is 0.350. The maximum absolute atomic E-state index is 12.5. The lowest BCUT2D eigenvalue weighted by atomic mass is 9.86. The normalized spacial score (nSPS) is 15.5. The van der Waals surface area contributed by atoms with E-state index in [9.17, 15) is 23.2 Å². The van der Waals surface area contributed by atoms with Crippen molar-refractivity contribution in [2.24, 2.45) is 0 Å². The molecular formula is C20H17F3N4O2S. The standard InChI is InChI=1S/C20H17F3N4O2S/c21-20(22,23)29-16-4-2-1-3-14(16)25-17(28)11-30-19-13(10-24)9-15-18(26-19)12-5-7-27(15)8-6-12/h1-4,9,12H,5-8,11H2,(H,25,28). The third-order valence-electron chi connectivity index (χ3n) is 5.07. The Labute approximate surface area is 175 Å². The second kappa shape index (κ2) is 8.07. The molecule has 0 aliphatic carbocycles. The van der Waals surface area contributed by atoms with Crippen molar-refractivity contribution in [1.29, 1.82) is 5.26 Å². The number of fused-ring (bicyclic) bond motifs is 2. The first kappa shape index (κ1) is 20.3. The molecule has 3 aliphatic rings. The monoisotopic (exact) mass is 434 g/mol. The Kier molecular flexibility index (Phi) is 5.47. The highest BCUT2D eigenvalue weighted by Gasteiger charge is 2.34. The van der Waals surface area contributed by atoms with E-state index in [1.807, 2.05) is 6.07 Å². The number of carbonyl (C=O) groups is 1. The van der Waals surface area contributed by atoms with E-state index in [4.69, 9.17) is 0 Å². The van der Waals surface area contributed by atoms with Gasteiger partial charge >= 0.3 is 6.36 Å². The first-order chi connectivity index (χ1) is 14.3. The Hall–Kier alpha value is -2.93. The first-order valence-corrected chi connectivity index (χ1v) is 10.3. The van der Waals surface area contributed by atoms with Gasteiger partial charge in [-0.3, -0.25) is 4.79 Å². The number of para-hydroxylation sites is 2. The molecule has 4 heterocycles. The molecule has 1 fully saturated rings. The largest absolute Gasteiger partial charge is 0.573 e. The van der Waals surface area contributed by atoms with E-state index in [1.165, 1.54) is 18.2 Å². The number of benzene rings is 1. The van der Waals surface area contributed by atoms with Gasteiger partial charge in [-0.25, -0.2) is 4.98 Å². The Morgan fingerprint density at radius 2 is 2.07 bits per heavy atom. The second-order valence-corrected chi connectivity index (χ2v) is 7.96. The number of anilines is 2. The van der Waals surface area contributed by atoms with Crippen LogP contribution in [0.2, 0.25) is 0 Å². The van der Waals surface area contributed by atoms with Crippen LogP contribution in [-0.4, -0.2) is 36.1 Å². The van der Waals surface area contributed by atoms with Crippen molar-refractivity contribution in [3.63, 3.8) is 0 Å². The molecule has 0 spiro atoms. The summed E-state index contributed by atoms with van der Waals surface area (Å²) in [7, 11) is 0. The summed E-state index contributed by atoms with van der Waals surface area (Å²) < 4.78 is 41.5. The lowest BCUT2D eigenvalue weighted by Gasteiger charge is -2.41. The van der Waals surface area contributed by atoms with Gasteiger partial charge in [-0.15, -0.1) is 13.2 Å². The lowest BCUT2D eigenvalue weighted by Crippen LogP contribution is -2.39. The topological polar surface area (TPSA) is 78.2 Å². The number of ether oxygens (including phenoxy) is 1. The molecule has 1 saturated heterocycles. The minimum atomic E-state index is -4.86. The first-order valence-electron chi connectivity index (χ1n) is 9.31. The fourth-order valence-electron chi connectivity index (χ4n) is 3.74. The number of nitrogens with zero attached hydrogens (tertiary/aromatic N) is 3. The molecule has 10 heteroatoms. The zero-order chi connectivity index (χ0) is 21.3. The summed E-state index contributed by atoms with van der Waals surface area (Å²) >= 11 is 1.09. The van der Waals surface area contributed by atoms with Crippen LogP contribution in [0, 0.1) is 11.3 Å². The number of carbonyl (C=O) groups excluding carboxylic acids is 1. The highest BCUT2D eigenvalue weighted by Crippen LogP contribution is 2.42. The maximum Gasteiger partial charge on any atom is 0.573 e. The summed E-state index contributed by atoms with van der Waals surface area (Å²) in [5, 5.41) is 12.4. The molecule has 1 amide bonds. The summed E-state index contributed by atoms with van der Waals surface area (Å²) in [6, 6.07) is 9.27. The highest BCUT2D eigenvalue weighted by atomic mass is 32.2. The average molecular weight is 434 g/mol. The number of rotatable bonds is 5. The number of halogens is 3. The highest BCUT2D eigenvalue weighted by molar-refractivity contribution is 8.00. The molecular weight excluding hydrogens is 417 g/mol. The van der Waals surface area contributed by atoms with Gasteiger partial charge in [0.1, 0.15) is 11.1 Å². The maximum atomic E-state index is 12.5. The number of thioether (sulfide) groups is 1. The van der Waals surface area contributed by atoms with E-state index < -0.39 is 18.0 Å². The molecule has 0 saturated carbocycles. The number of hydrogen-bond acceptors (Lipinski definition) is 6. The van der Waals surface area contributed by atoms with Crippen LogP contribution in [0.25, 0.3) is 0 Å². The van der Waals surface area contributed by atoms with Crippen LogP contribution in [0.1, 0.15) is 30.0 Å². The van der Waals surface area contributed by atoms with E-state index in [-0.39, 0.29) is 11.4 Å². The molecule has 30 heavy (non-hydrogen) atoms. The van der Waals surface area contributed by atoms with Gasteiger partial charge in [-0.05, 0) is 31.0 Å². The Bertz CT molecular complexity index is 1010. The summed E-state index contributed by atoms with van der Waals surface area (Å²) in [6.45, 7) is 1.91. The molecule has 1 aromatic heterocycles. The van der Waals surface area contributed by atoms with Crippen LogP contribution in [0.15, 0.2) is 35.4 Å². The van der Waals surface area contributed by atoms with Crippen LogP contribution < -0.4 is 15.0 Å². The van der Waals surface area contributed by atoms with Gasteiger partial charge in [0.25, 0.3) is 0 Å². The lowest BCUT2D eigenvalue weighted by molar-refractivity contribution is -0.274. The van der Waals surface area contributed by atoms with E-state index >= 15 is 0 Å². The van der Waals surface area contributed by atoms with Crippen LogP contribution in [-0.2, 0) is 4.79 Å². The molecule has 0 unspecified atom stereocenters. The van der Waals surface area contributed by atoms with Crippen molar-refractivity contribution in [1.82, 2.24) is 4.98 Å². The van der Waals surface area contributed by atoms with Crippen molar-refractivity contribution in [3.8, 4) is 11.8 Å². The quantitative estimate of drug-likeness (QED) is 0.708. The zero-order valence-electron chi connectivity index (χ0n) is 15.7. The summed E-state index contributed by atoms with van der Waals surface area (Å²) in [4.78, 5) is 19.2. The van der Waals surface area contributed by atoms with Gasteiger partial charge < -0.3 is 15.0 Å². The number of piperidine rings is 1. The van der Waals surface area contributed by atoms with Crippen LogP contribution in [0.4, 0.5) is 24.5 Å². The smallest absolute Gasteiger partial charge is 0.404 e. The van der Waals surface area contributed by atoms with Crippen molar-refractivity contribution in [2.75, 3.05) is 29.1 Å². The number of hydrogen-bond donors (Lipinski definition) is 1. The average Bonchev–Trinajstić information content (AvgIpc) is 2.73. The fourth-order valence-corrected chi connectivity index (χ4v) is 4.50. The summed E-state index contributed by atoms with van der Waals surface area (Å²) in [6.07, 6.45) is -2.82. The van der Waals surface area contributed by atoms with Gasteiger partial charge in [0.05, 0.1) is 28.4 Å². The number of pyridine rings is 1. The number of alkyl halides is 3. The van der Waals surface area contributed by atoms with Gasteiger partial charge in [-0.2, -0.15) is 5.26 Å². The molecule has 156 valence electrons. The van der Waals surface area contributed by atoms with Crippen molar-refractivity contribution in [2.45, 2.75) is 30.1 Å². The molecule has 2 aromatic rings. The predicted octanol–water partition coefficient (Wildman–Crippen LogP) is 4.28. The molecule has 1 aromatic carbocycles. The van der Waals surface area contributed by atoms with Gasteiger partial charge in [0.15, 0.2) is 5.75 Å². The predicted molar refractivity (Wildman–Crippen MR) is 106 cm³/mol. The molecule has 0 radical (unpaired) electrons. The van der Waals surface area contributed by atoms with Crippen molar-refractivity contribution >= 4 is 29.0 Å². The Balaban J connectivity index is 1.47. The minimum absolute atomic E-state index is 0.0792. The zero-order valence-corrected chi connectivity index (χ0v) is 16.5. The molecule has 0 atom stereocenters. The third kappa shape index (κ3) is 4.31. The minimum Gasteiger partial charge on any atom is -0.404 e. The number of aromatic nitrogens is 1. The number of amides is 1. The Morgan fingerprint density at radius 1 is 1.33 bits per heavy atom. The van der Waals surface area contributed by atoms with Crippen LogP contribution >= 0.6 is 11.8 Å². The second-order valence-electron chi connectivity index (χ2n) is 7.00. The molecule has 3 aliphatic heterocycles.